The van der Waals surface area contributed by atoms with Crippen molar-refractivity contribution < 1.29 is 9.53 Å². The number of methoxy groups -OCH3 is 1. The van der Waals surface area contributed by atoms with Gasteiger partial charge in [0.15, 0.2) is 0 Å². The lowest BCUT2D eigenvalue weighted by molar-refractivity contribution is -0.132. The Balaban J connectivity index is 2.74. The highest BCUT2D eigenvalue weighted by molar-refractivity contribution is 6.82. The predicted molar refractivity (Wildman–Crippen MR) is 65.4 cm³/mol. The van der Waals surface area contributed by atoms with Gasteiger partial charge in [-0.05, 0) is 18.2 Å². The summed E-state index contributed by atoms with van der Waals surface area (Å²) in [5.41, 5.74) is 3.09. The number of benzene rings is 1. The normalized spacial score (nSPS) is 11.1. The molecule has 0 heterocycles. The molecule has 0 aliphatic rings. The third-order valence-electron chi connectivity index (χ3n) is 1.56. The van der Waals surface area contributed by atoms with Crippen molar-refractivity contribution in [2.75, 3.05) is 12.5 Å². The molecule has 7 heteroatoms. The maximum absolute atomic E-state index is 10.9. The number of halogens is 3. The van der Waals surface area contributed by atoms with Gasteiger partial charge in [0.1, 0.15) is 0 Å². The van der Waals surface area contributed by atoms with Gasteiger partial charge in [-0.1, -0.05) is 34.8 Å². The molecule has 0 spiro atoms. The quantitative estimate of drug-likeness (QED) is 0.526. The first-order valence-electron chi connectivity index (χ1n) is 4.07. The molecule has 0 unspecified atom stereocenters. The number of carbonyl (C=O) groups is 1. The average Bonchev–Trinajstić information content (AvgIpc) is 2.29. The highest BCUT2D eigenvalue weighted by atomic mass is 35.5. The van der Waals surface area contributed by atoms with Crippen molar-refractivity contribution >= 4 is 51.6 Å². The number of rotatable bonds is 3. The number of nitrogens with zero attached hydrogens (tertiary/aromatic N) is 1. The number of ether oxygens (including phenoxy) is 1. The van der Waals surface area contributed by atoms with Gasteiger partial charge in [0.25, 0.3) is 0 Å². The summed E-state index contributed by atoms with van der Waals surface area (Å²) < 4.78 is 4.35. The number of hydrogen-bond donors (Lipinski definition) is 1. The Labute approximate surface area is 107 Å². The van der Waals surface area contributed by atoms with Gasteiger partial charge < -0.3 is 4.74 Å². The van der Waals surface area contributed by atoms with Gasteiger partial charge in [-0.2, -0.15) is 5.10 Å². The summed E-state index contributed by atoms with van der Waals surface area (Å²) in [6.07, 6.45) is 0. The number of carbonyl (C=O) groups excluding carboxylic acids is 1. The van der Waals surface area contributed by atoms with Crippen LogP contribution in [0.2, 0.25) is 10.0 Å². The van der Waals surface area contributed by atoms with Crippen LogP contribution in [0, 0.1) is 0 Å². The first-order valence-corrected chi connectivity index (χ1v) is 5.20. The fourth-order valence-electron chi connectivity index (χ4n) is 0.809. The van der Waals surface area contributed by atoms with E-state index in [0.717, 1.165) is 0 Å². The minimum atomic E-state index is -0.728. The van der Waals surface area contributed by atoms with Crippen LogP contribution in [0.3, 0.4) is 0 Å². The van der Waals surface area contributed by atoms with Gasteiger partial charge in [0, 0.05) is 0 Å². The molecule has 1 aromatic carbocycles. The van der Waals surface area contributed by atoms with Gasteiger partial charge in [0.2, 0.25) is 5.17 Å². The van der Waals surface area contributed by atoms with Gasteiger partial charge >= 0.3 is 5.97 Å². The zero-order chi connectivity index (χ0) is 12.1. The molecular formula is C9H7Cl3N2O2. The molecule has 1 rings (SSSR count). The number of hydrazone groups is 1. The second-order valence-electron chi connectivity index (χ2n) is 2.63. The molecule has 1 aromatic rings. The molecule has 0 aromatic heterocycles. The molecule has 1 N–H and O–H groups in total. The van der Waals surface area contributed by atoms with E-state index >= 15 is 0 Å². The van der Waals surface area contributed by atoms with Crippen molar-refractivity contribution in [2.45, 2.75) is 0 Å². The summed E-state index contributed by atoms with van der Waals surface area (Å²) in [4.78, 5) is 10.9. The smallest absolute Gasteiger partial charge is 0.370 e. The number of anilines is 1. The lowest BCUT2D eigenvalue weighted by Crippen LogP contribution is -2.11. The minimum Gasteiger partial charge on any atom is -0.464 e. The molecule has 0 saturated carbocycles. The molecule has 0 aliphatic carbocycles. The van der Waals surface area contributed by atoms with E-state index in [0.29, 0.717) is 15.7 Å². The summed E-state index contributed by atoms with van der Waals surface area (Å²) in [5.74, 6) is -0.728. The Morgan fingerprint density at radius 1 is 1.38 bits per heavy atom. The van der Waals surface area contributed by atoms with Crippen LogP contribution >= 0.6 is 34.8 Å². The molecule has 0 aliphatic heterocycles. The third kappa shape index (κ3) is 3.56. The van der Waals surface area contributed by atoms with E-state index in [1.165, 1.54) is 7.11 Å². The Bertz CT molecular complexity index is 435. The topological polar surface area (TPSA) is 50.7 Å². The zero-order valence-electron chi connectivity index (χ0n) is 8.13. The van der Waals surface area contributed by atoms with E-state index in [1.807, 2.05) is 0 Å². The van der Waals surface area contributed by atoms with Crippen molar-refractivity contribution in [3.63, 3.8) is 0 Å². The van der Waals surface area contributed by atoms with E-state index in [4.69, 9.17) is 34.8 Å². The molecule has 86 valence electrons. The largest absolute Gasteiger partial charge is 0.464 e. The zero-order valence-corrected chi connectivity index (χ0v) is 10.4. The lowest BCUT2D eigenvalue weighted by Gasteiger charge is -2.02. The van der Waals surface area contributed by atoms with Gasteiger partial charge in [0.05, 0.1) is 22.8 Å². The van der Waals surface area contributed by atoms with Crippen molar-refractivity contribution in [2.24, 2.45) is 5.10 Å². The summed E-state index contributed by atoms with van der Waals surface area (Å²) in [6, 6.07) is 4.78. The van der Waals surface area contributed by atoms with E-state index in [2.05, 4.69) is 15.3 Å². The maximum atomic E-state index is 10.9. The third-order valence-corrected chi connectivity index (χ3v) is 2.53. The van der Waals surface area contributed by atoms with Crippen LogP contribution in [0.1, 0.15) is 0 Å². The molecule has 0 atom stereocenters. The first-order chi connectivity index (χ1) is 7.54. The van der Waals surface area contributed by atoms with Crippen molar-refractivity contribution in [1.29, 1.82) is 0 Å². The van der Waals surface area contributed by atoms with Crippen LogP contribution in [0.5, 0.6) is 0 Å². The molecule has 0 radical (unpaired) electrons. The highest BCUT2D eigenvalue weighted by Gasteiger charge is 2.07. The van der Waals surface area contributed by atoms with Crippen LogP contribution in [-0.4, -0.2) is 18.2 Å². The SMILES string of the molecule is COC(=O)/C(Cl)=N/Nc1ccc(Cl)c(Cl)c1. The van der Waals surface area contributed by atoms with Crippen LogP contribution in [0.4, 0.5) is 5.69 Å². The maximum Gasteiger partial charge on any atom is 0.370 e. The van der Waals surface area contributed by atoms with Gasteiger partial charge in [-0.3, -0.25) is 5.43 Å². The first kappa shape index (κ1) is 13.1. The van der Waals surface area contributed by atoms with Crippen molar-refractivity contribution in [3.05, 3.63) is 28.2 Å². The van der Waals surface area contributed by atoms with Crippen LogP contribution in [-0.2, 0) is 9.53 Å². The fourth-order valence-corrected chi connectivity index (χ4v) is 1.23. The molecular weight excluding hydrogens is 274 g/mol. The number of esters is 1. The summed E-state index contributed by atoms with van der Waals surface area (Å²) in [5, 5.41) is 4.08. The van der Waals surface area contributed by atoms with Gasteiger partial charge in [-0.15, -0.1) is 0 Å². The Morgan fingerprint density at radius 3 is 2.62 bits per heavy atom. The fraction of sp³-hybridized carbons (Fsp3) is 0.111. The van der Waals surface area contributed by atoms with E-state index in [-0.39, 0.29) is 5.17 Å². The molecule has 0 bridgehead atoms. The molecule has 16 heavy (non-hydrogen) atoms. The Kier molecular flexibility index (Phi) is 4.86. The second kappa shape index (κ2) is 5.94. The van der Waals surface area contributed by atoms with Crippen molar-refractivity contribution in [3.8, 4) is 0 Å². The van der Waals surface area contributed by atoms with E-state index in [9.17, 15) is 4.79 Å². The van der Waals surface area contributed by atoms with E-state index < -0.39 is 5.97 Å². The molecule has 0 amide bonds. The predicted octanol–water partition coefficient (Wildman–Crippen LogP) is 3.13. The molecule has 0 fully saturated rings. The van der Waals surface area contributed by atoms with Crippen LogP contribution in [0.15, 0.2) is 23.3 Å². The minimum absolute atomic E-state index is 0.312. The highest BCUT2D eigenvalue weighted by Crippen LogP contribution is 2.24. The standard InChI is InChI=1S/C9H7Cl3N2O2/c1-16-9(15)8(12)14-13-5-2-3-6(10)7(11)4-5/h2-4,13H,1H3/b14-8-. The average molecular weight is 282 g/mol. The van der Waals surface area contributed by atoms with Gasteiger partial charge in [-0.25, -0.2) is 4.79 Å². The lowest BCUT2D eigenvalue weighted by atomic mass is 10.3. The summed E-state index contributed by atoms with van der Waals surface area (Å²) in [7, 11) is 1.21. The summed E-state index contributed by atoms with van der Waals surface area (Å²) >= 11 is 17.0. The number of hydrogen-bond acceptors (Lipinski definition) is 4. The van der Waals surface area contributed by atoms with Crippen LogP contribution < -0.4 is 5.43 Å². The Morgan fingerprint density at radius 2 is 2.06 bits per heavy atom. The molecule has 4 nitrogen and oxygen atoms in total. The number of nitrogens with one attached hydrogen (secondary N) is 1. The molecule has 0 saturated heterocycles. The van der Waals surface area contributed by atoms with Crippen LogP contribution in [0.25, 0.3) is 0 Å². The second-order valence-corrected chi connectivity index (χ2v) is 3.81. The van der Waals surface area contributed by atoms with Crippen molar-refractivity contribution in [1.82, 2.24) is 0 Å². The van der Waals surface area contributed by atoms with E-state index in [1.54, 1.807) is 18.2 Å². The Hall–Kier alpha value is -0.970. The monoisotopic (exact) mass is 280 g/mol. The summed E-state index contributed by atoms with van der Waals surface area (Å²) in [6.45, 7) is 0.